The number of carbonyl (C=O) groups excluding carboxylic acids is 2. The summed E-state index contributed by atoms with van der Waals surface area (Å²) in [5, 5.41) is 2.89. The van der Waals surface area contributed by atoms with Crippen LogP contribution in [0.3, 0.4) is 0 Å². The van der Waals surface area contributed by atoms with Crippen molar-refractivity contribution in [2.75, 3.05) is 13.6 Å². The quantitative estimate of drug-likeness (QED) is 0.810. The van der Waals surface area contributed by atoms with Gasteiger partial charge in [0.1, 0.15) is 6.04 Å². The zero-order chi connectivity index (χ0) is 12.8. The van der Waals surface area contributed by atoms with Crippen LogP contribution in [0.2, 0.25) is 0 Å². The van der Waals surface area contributed by atoms with Crippen molar-refractivity contribution in [3.63, 3.8) is 0 Å². The molecule has 2 amide bonds. The smallest absolute Gasteiger partial charge is 0.244 e. The summed E-state index contributed by atoms with van der Waals surface area (Å²) in [4.78, 5) is 25.6. The van der Waals surface area contributed by atoms with Crippen molar-refractivity contribution in [3.8, 4) is 0 Å². The van der Waals surface area contributed by atoms with E-state index in [1.807, 2.05) is 14.0 Å². The number of nitrogens with zero attached hydrogens (tertiary/aromatic N) is 1. The summed E-state index contributed by atoms with van der Waals surface area (Å²) < 4.78 is 0. The van der Waals surface area contributed by atoms with Gasteiger partial charge in [-0.05, 0) is 25.7 Å². The van der Waals surface area contributed by atoms with Crippen molar-refractivity contribution >= 4 is 11.8 Å². The topological polar surface area (TPSA) is 49.4 Å². The summed E-state index contributed by atoms with van der Waals surface area (Å²) in [7, 11) is 1.81. The maximum Gasteiger partial charge on any atom is 0.244 e. The van der Waals surface area contributed by atoms with Crippen molar-refractivity contribution < 1.29 is 9.59 Å². The van der Waals surface area contributed by atoms with Crippen molar-refractivity contribution in [3.05, 3.63) is 0 Å². The van der Waals surface area contributed by atoms with Crippen LogP contribution in [-0.2, 0) is 9.59 Å². The molecule has 1 saturated heterocycles. The summed E-state index contributed by atoms with van der Waals surface area (Å²) >= 11 is 0. The number of hydrogen-bond donors (Lipinski definition) is 1. The second-order valence-corrected chi connectivity index (χ2v) is 5.01. The van der Waals surface area contributed by atoms with Gasteiger partial charge >= 0.3 is 0 Å². The molecule has 0 aromatic rings. The Morgan fingerprint density at radius 1 is 1.53 bits per heavy atom. The lowest BCUT2D eigenvalue weighted by Crippen LogP contribution is -2.47. The van der Waals surface area contributed by atoms with Gasteiger partial charge < -0.3 is 10.2 Å². The second kappa shape index (κ2) is 6.62. The number of likely N-dealkylation sites (N-methyl/N-ethyl adjacent to an activating group) is 1. The summed E-state index contributed by atoms with van der Waals surface area (Å²) in [6, 6.07) is -0.311. The average Bonchev–Trinajstić information content (AvgIpc) is 2.45. The first kappa shape index (κ1) is 14.0. The van der Waals surface area contributed by atoms with Crippen LogP contribution in [0.4, 0.5) is 0 Å². The molecular weight excluding hydrogens is 216 g/mol. The average molecular weight is 240 g/mol. The third-order valence-corrected chi connectivity index (χ3v) is 3.40. The van der Waals surface area contributed by atoms with E-state index >= 15 is 0 Å². The van der Waals surface area contributed by atoms with Gasteiger partial charge in [-0.1, -0.05) is 20.3 Å². The monoisotopic (exact) mass is 240 g/mol. The Kier molecular flexibility index (Phi) is 5.45. The Morgan fingerprint density at radius 3 is 2.88 bits per heavy atom. The van der Waals surface area contributed by atoms with Crippen LogP contribution in [-0.4, -0.2) is 36.3 Å². The largest absolute Gasteiger partial charge is 0.344 e. The van der Waals surface area contributed by atoms with E-state index in [0.29, 0.717) is 0 Å². The molecule has 4 nitrogen and oxygen atoms in total. The SMILES string of the molecule is CCCC(C)C(=O)NC1CCCCN(C)C1=O. The summed E-state index contributed by atoms with van der Waals surface area (Å²) in [5.74, 6) is 0.0707. The van der Waals surface area contributed by atoms with E-state index in [-0.39, 0.29) is 23.8 Å². The van der Waals surface area contributed by atoms with Gasteiger partial charge in [-0.2, -0.15) is 0 Å². The fourth-order valence-electron chi connectivity index (χ4n) is 2.21. The van der Waals surface area contributed by atoms with Crippen LogP contribution >= 0.6 is 0 Å². The molecule has 1 heterocycles. The highest BCUT2D eigenvalue weighted by atomic mass is 16.2. The first-order valence-electron chi connectivity index (χ1n) is 6.61. The minimum absolute atomic E-state index is 0.00126. The van der Waals surface area contributed by atoms with Gasteiger partial charge in [0.05, 0.1) is 0 Å². The molecule has 0 radical (unpaired) electrons. The van der Waals surface area contributed by atoms with Gasteiger partial charge in [-0.3, -0.25) is 9.59 Å². The molecule has 2 unspecified atom stereocenters. The van der Waals surface area contributed by atoms with Gasteiger partial charge in [-0.15, -0.1) is 0 Å². The molecule has 0 aliphatic carbocycles. The van der Waals surface area contributed by atoms with Crippen LogP contribution in [0.5, 0.6) is 0 Å². The predicted octanol–water partition coefficient (Wildman–Crippen LogP) is 1.55. The Morgan fingerprint density at radius 2 is 2.24 bits per heavy atom. The second-order valence-electron chi connectivity index (χ2n) is 5.01. The van der Waals surface area contributed by atoms with Crippen molar-refractivity contribution in [2.45, 2.75) is 52.0 Å². The summed E-state index contributed by atoms with van der Waals surface area (Å²) in [6.07, 6.45) is 4.67. The standard InChI is InChI=1S/C13H24N2O2/c1-4-7-10(2)12(16)14-11-8-5-6-9-15(3)13(11)17/h10-11H,4-9H2,1-3H3,(H,14,16). The van der Waals surface area contributed by atoms with Crippen LogP contribution in [0.1, 0.15) is 46.0 Å². The van der Waals surface area contributed by atoms with Crippen LogP contribution in [0.25, 0.3) is 0 Å². The molecule has 0 saturated carbocycles. The van der Waals surface area contributed by atoms with Crippen molar-refractivity contribution in [1.29, 1.82) is 0 Å². The number of carbonyl (C=O) groups is 2. The molecule has 0 aromatic carbocycles. The lowest BCUT2D eigenvalue weighted by atomic mass is 10.0. The summed E-state index contributed by atoms with van der Waals surface area (Å²) in [5.41, 5.74) is 0. The number of nitrogens with one attached hydrogen (secondary N) is 1. The Balaban J connectivity index is 2.53. The molecular formula is C13H24N2O2. The van der Waals surface area contributed by atoms with Crippen LogP contribution in [0.15, 0.2) is 0 Å². The Bertz CT molecular complexity index is 279. The maximum absolute atomic E-state index is 12.0. The lowest BCUT2D eigenvalue weighted by Gasteiger charge is -2.22. The highest BCUT2D eigenvalue weighted by molar-refractivity contribution is 5.88. The van der Waals surface area contributed by atoms with Gasteiger partial charge in [0.25, 0.3) is 0 Å². The van der Waals surface area contributed by atoms with E-state index in [1.54, 1.807) is 4.90 Å². The zero-order valence-corrected chi connectivity index (χ0v) is 11.2. The normalized spacial score (nSPS) is 23.1. The maximum atomic E-state index is 12.0. The van der Waals surface area contributed by atoms with Crippen molar-refractivity contribution in [2.24, 2.45) is 5.92 Å². The molecule has 0 aromatic heterocycles. The third kappa shape index (κ3) is 4.02. The fraction of sp³-hybridized carbons (Fsp3) is 0.846. The highest BCUT2D eigenvalue weighted by Crippen LogP contribution is 2.12. The molecule has 0 bridgehead atoms. The fourth-order valence-corrected chi connectivity index (χ4v) is 2.21. The number of likely N-dealkylation sites (tertiary alicyclic amines) is 1. The molecule has 1 aliphatic heterocycles. The molecule has 4 heteroatoms. The van der Waals surface area contributed by atoms with Crippen LogP contribution < -0.4 is 5.32 Å². The zero-order valence-electron chi connectivity index (χ0n) is 11.2. The van der Waals surface area contributed by atoms with Gasteiger partial charge in [-0.25, -0.2) is 0 Å². The van der Waals surface area contributed by atoms with E-state index < -0.39 is 0 Å². The summed E-state index contributed by atoms with van der Waals surface area (Å²) in [6.45, 7) is 4.79. The van der Waals surface area contributed by atoms with Crippen molar-refractivity contribution in [1.82, 2.24) is 10.2 Å². The molecule has 98 valence electrons. The number of amides is 2. The Labute approximate surface area is 104 Å². The number of rotatable bonds is 4. The van der Waals surface area contributed by atoms with Gasteiger partial charge in [0.15, 0.2) is 0 Å². The van der Waals surface area contributed by atoms with Crippen LogP contribution in [0, 0.1) is 5.92 Å². The van der Waals surface area contributed by atoms with E-state index in [9.17, 15) is 9.59 Å². The van der Waals surface area contributed by atoms with E-state index in [4.69, 9.17) is 0 Å². The first-order chi connectivity index (χ1) is 8.06. The Hall–Kier alpha value is -1.06. The molecule has 1 N–H and O–H groups in total. The minimum atomic E-state index is -0.311. The van der Waals surface area contributed by atoms with E-state index in [0.717, 1.165) is 38.6 Å². The highest BCUT2D eigenvalue weighted by Gasteiger charge is 2.27. The molecule has 1 aliphatic rings. The number of hydrogen-bond acceptors (Lipinski definition) is 2. The van der Waals surface area contributed by atoms with Gasteiger partial charge in [0.2, 0.25) is 11.8 Å². The first-order valence-corrected chi connectivity index (χ1v) is 6.61. The lowest BCUT2D eigenvalue weighted by molar-refractivity contribution is -0.135. The molecule has 2 atom stereocenters. The molecule has 1 rings (SSSR count). The molecule has 0 spiro atoms. The van der Waals surface area contributed by atoms with E-state index in [2.05, 4.69) is 12.2 Å². The minimum Gasteiger partial charge on any atom is -0.344 e. The molecule has 1 fully saturated rings. The van der Waals surface area contributed by atoms with Gasteiger partial charge in [0, 0.05) is 19.5 Å². The predicted molar refractivity (Wildman–Crippen MR) is 67.5 cm³/mol. The third-order valence-electron chi connectivity index (χ3n) is 3.40. The molecule has 17 heavy (non-hydrogen) atoms. The van der Waals surface area contributed by atoms with E-state index in [1.165, 1.54) is 0 Å².